The molecule has 1 aromatic carbocycles. The van der Waals surface area contributed by atoms with Crippen LogP contribution < -0.4 is 10.6 Å². The van der Waals surface area contributed by atoms with E-state index in [4.69, 9.17) is 0 Å². The van der Waals surface area contributed by atoms with Crippen LogP contribution in [0.5, 0.6) is 0 Å². The number of nitrogens with zero attached hydrogens (tertiary/aromatic N) is 1. The van der Waals surface area contributed by atoms with Crippen LogP contribution in [0.15, 0.2) is 36.4 Å². The van der Waals surface area contributed by atoms with Gasteiger partial charge in [-0.05, 0) is 62.8 Å². The average molecular weight is 364 g/mol. The fourth-order valence-corrected chi connectivity index (χ4v) is 4.26. The van der Waals surface area contributed by atoms with Gasteiger partial charge >= 0.3 is 0 Å². The van der Waals surface area contributed by atoms with Gasteiger partial charge in [-0.1, -0.05) is 19.1 Å². The highest BCUT2D eigenvalue weighted by Crippen LogP contribution is 2.52. The van der Waals surface area contributed by atoms with Crippen molar-refractivity contribution in [3.8, 4) is 0 Å². The molecule has 0 aliphatic heterocycles. The first-order chi connectivity index (χ1) is 12.9. The van der Waals surface area contributed by atoms with Gasteiger partial charge in [0.2, 0.25) is 5.91 Å². The zero-order valence-electron chi connectivity index (χ0n) is 15.8. The molecule has 0 radical (unpaired) electrons. The summed E-state index contributed by atoms with van der Waals surface area (Å²) in [5.41, 5.74) is 3.17. The Balaban J connectivity index is 1.42. The average Bonchev–Trinajstić information content (AvgIpc) is 3.33. The molecule has 0 unspecified atom stereocenters. The number of carbonyl (C=O) groups is 2. The minimum atomic E-state index is -0.341. The Labute approximate surface area is 158 Å². The number of nitrogens with one attached hydrogen (secondary N) is 3. The number of amides is 2. The molecule has 6 nitrogen and oxygen atoms in total. The highest BCUT2D eigenvalue weighted by atomic mass is 16.2. The zero-order chi connectivity index (χ0) is 19.2. The minimum Gasteiger partial charge on any atom is -0.326 e. The van der Waals surface area contributed by atoms with E-state index in [-0.39, 0.29) is 17.2 Å². The summed E-state index contributed by atoms with van der Waals surface area (Å²) >= 11 is 0. The van der Waals surface area contributed by atoms with Crippen molar-refractivity contribution in [2.45, 2.75) is 33.6 Å². The van der Waals surface area contributed by atoms with Crippen LogP contribution in [-0.4, -0.2) is 22.0 Å². The number of rotatable bonds is 4. The number of carbonyl (C=O) groups excluding carboxylic acids is 2. The standard InChI is InChI=1S/C21H24N4O2/c1-12-18(13(2)25-24-12)23-19(26)15-5-8-17(9-6-15)22-20(27)21(3)11-14-4-7-16(21)10-14/h4-9,14,16H,10-11H2,1-3H3,(H,22,27)(H,23,26)(H,24,25)/t14-,16-,21+/m0/s1. The van der Waals surface area contributed by atoms with Crippen molar-refractivity contribution >= 4 is 23.2 Å². The number of aromatic nitrogens is 2. The lowest BCUT2D eigenvalue weighted by atomic mass is 9.77. The molecule has 2 aliphatic carbocycles. The van der Waals surface area contributed by atoms with Gasteiger partial charge in [0.25, 0.3) is 5.91 Å². The zero-order valence-corrected chi connectivity index (χ0v) is 15.8. The highest BCUT2D eigenvalue weighted by molar-refractivity contribution is 6.05. The second kappa shape index (κ2) is 6.37. The molecule has 140 valence electrons. The van der Waals surface area contributed by atoms with Crippen molar-refractivity contribution in [1.29, 1.82) is 0 Å². The molecule has 2 amide bonds. The quantitative estimate of drug-likeness (QED) is 0.721. The Morgan fingerprint density at radius 1 is 1.15 bits per heavy atom. The number of hydrogen-bond acceptors (Lipinski definition) is 3. The van der Waals surface area contributed by atoms with Gasteiger partial charge in [0, 0.05) is 11.3 Å². The maximum atomic E-state index is 12.8. The second-order valence-electron chi connectivity index (χ2n) is 7.90. The highest BCUT2D eigenvalue weighted by Gasteiger charge is 2.49. The first-order valence-corrected chi connectivity index (χ1v) is 9.29. The van der Waals surface area contributed by atoms with E-state index in [2.05, 4.69) is 33.0 Å². The minimum absolute atomic E-state index is 0.0567. The molecule has 1 saturated carbocycles. The smallest absolute Gasteiger partial charge is 0.255 e. The number of aryl methyl sites for hydroxylation is 2. The number of aromatic amines is 1. The number of hydrogen-bond donors (Lipinski definition) is 3. The van der Waals surface area contributed by atoms with Crippen molar-refractivity contribution in [1.82, 2.24) is 10.2 Å². The Morgan fingerprint density at radius 2 is 1.89 bits per heavy atom. The summed E-state index contributed by atoms with van der Waals surface area (Å²) in [6.45, 7) is 5.75. The van der Waals surface area contributed by atoms with Crippen LogP contribution in [0.3, 0.4) is 0 Å². The van der Waals surface area contributed by atoms with Gasteiger partial charge in [-0.25, -0.2) is 0 Å². The van der Waals surface area contributed by atoms with Crippen molar-refractivity contribution < 1.29 is 9.59 Å². The molecule has 27 heavy (non-hydrogen) atoms. The van der Waals surface area contributed by atoms with E-state index >= 15 is 0 Å². The molecule has 3 N–H and O–H groups in total. The van der Waals surface area contributed by atoms with Crippen LogP contribution >= 0.6 is 0 Å². The van der Waals surface area contributed by atoms with Crippen molar-refractivity contribution in [2.24, 2.45) is 17.3 Å². The van der Waals surface area contributed by atoms with Crippen molar-refractivity contribution in [3.05, 3.63) is 53.4 Å². The van der Waals surface area contributed by atoms with Gasteiger partial charge in [0.15, 0.2) is 0 Å². The number of anilines is 2. The maximum absolute atomic E-state index is 12.8. The van der Waals surface area contributed by atoms with Crippen molar-refractivity contribution in [3.63, 3.8) is 0 Å². The van der Waals surface area contributed by atoms with Gasteiger partial charge in [-0.2, -0.15) is 5.10 Å². The first kappa shape index (κ1) is 17.5. The molecular formula is C21H24N4O2. The van der Waals surface area contributed by atoms with E-state index in [1.165, 1.54) is 0 Å². The van der Waals surface area contributed by atoms with E-state index < -0.39 is 0 Å². The van der Waals surface area contributed by atoms with E-state index in [1.54, 1.807) is 24.3 Å². The fraction of sp³-hybridized carbons (Fsp3) is 0.381. The molecule has 0 spiro atoms. The molecular weight excluding hydrogens is 340 g/mol. The Hall–Kier alpha value is -2.89. The van der Waals surface area contributed by atoms with E-state index in [1.807, 2.05) is 20.8 Å². The number of fused-ring (bicyclic) bond motifs is 2. The van der Waals surface area contributed by atoms with Crippen molar-refractivity contribution in [2.75, 3.05) is 10.6 Å². The van der Waals surface area contributed by atoms with Crippen LogP contribution in [-0.2, 0) is 4.79 Å². The molecule has 2 aromatic rings. The third-order valence-corrected chi connectivity index (χ3v) is 5.97. The number of H-pyrrole nitrogens is 1. The molecule has 1 heterocycles. The van der Waals surface area contributed by atoms with Gasteiger partial charge in [-0.15, -0.1) is 0 Å². The van der Waals surface area contributed by atoms with Crippen LogP contribution in [0.4, 0.5) is 11.4 Å². The predicted octanol–water partition coefficient (Wildman–Crippen LogP) is 3.82. The van der Waals surface area contributed by atoms with E-state index in [0.717, 1.165) is 24.2 Å². The van der Waals surface area contributed by atoms with Crippen LogP contribution in [0.25, 0.3) is 0 Å². The van der Waals surface area contributed by atoms with Gasteiger partial charge in [0.05, 0.1) is 22.5 Å². The molecule has 1 aromatic heterocycles. The summed E-state index contributed by atoms with van der Waals surface area (Å²) < 4.78 is 0. The summed E-state index contributed by atoms with van der Waals surface area (Å²) in [5.74, 6) is 0.715. The molecule has 4 rings (SSSR count). The van der Waals surface area contributed by atoms with E-state index in [0.29, 0.717) is 28.8 Å². The SMILES string of the molecule is Cc1n[nH]c(C)c1NC(=O)c1ccc(NC(=O)[C@]2(C)C[C@H]3C=C[C@H]2C3)cc1. The maximum Gasteiger partial charge on any atom is 0.255 e. The van der Waals surface area contributed by atoms with Gasteiger partial charge in [-0.3, -0.25) is 14.7 Å². The summed E-state index contributed by atoms with van der Waals surface area (Å²) in [4.78, 5) is 25.2. The second-order valence-corrected chi connectivity index (χ2v) is 7.90. The molecule has 3 atom stereocenters. The lowest BCUT2D eigenvalue weighted by Gasteiger charge is -2.29. The topological polar surface area (TPSA) is 86.9 Å². The first-order valence-electron chi connectivity index (χ1n) is 9.29. The van der Waals surface area contributed by atoms with Gasteiger partial charge < -0.3 is 10.6 Å². The molecule has 1 fully saturated rings. The summed E-state index contributed by atoms with van der Waals surface area (Å²) in [5, 5.41) is 12.8. The number of allylic oxidation sites excluding steroid dienone is 2. The third-order valence-electron chi connectivity index (χ3n) is 5.97. The lowest BCUT2D eigenvalue weighted by molar-refractivity contribution is -0.126. The Bertz CT molecular complexity index is 909. The predicted molar refractivity (Wildman–Crippen MR) is 105 cm³/mol. The summed E-state index contributed by atoms with van der Waals surface area (Å²) in [6, 6.07) is 6.99. The fourth-order valence-electron chi connectivity index (χ4n) is 4.26. The largest absolute Gasteiger partial charge is 0.326 e. The van der Waals surface area contributed by atoms with Crippen LogP contribution in [0, 0.1) is 31.1 Å². The van der Waals surface area contributed by atoms with Gasteiger partial charge in [0.1, 0.15) is 0 Å². The Kier molecular flexibility index (Phi) is 4.13. The lowest BCUT2D eigenvalue weighted by Crippen LogP contribution is -2.36. The van der Waals surface area contributed by atoms with Crippen LogP contribution in [0.2, 0.25) is 0 Å². The van der Waals surface area contributed by atoms with E-state index in [9.17, 15) is 9.59 Å². The molecule has 0 saturated heterocycles. The normalized spacial score (nSPS) is 25.6. The molecule has 6 heteroatoms. The Morgan fingerprint density at radius 3 is 2.44 bits per heavy atom. The van der Waals surface area contributed by atoms with Crippen LogP contribution in [0.1, 0.15) is 41.5 Å². The number of benzene rings is 1. The molecule has 2 bridgehead atoms. The summed E-state index contributed by atoms with van der Waals surface area (Å²) in [7, 11) is 0. The monoisotopic (exact) mass is 364 g/mol. The molecule has 2 aliphatic rings. The summed E-state index contributed by atoms with van der Waals surface area (Å²) in [6.07, 6.45) is 6.40. The third kappa shape index (κ3) is 3.05.